The molecule has 1 aliphatic heterocycles. The van der Waals surface area contributed by atoms with Crippen molar-refractivity contribution in [2.45, 2.75) is 57.7 Å². The van der Waals surface area contributed by atoms with Crippen LogP contribution in [0, 0.1) is 24.7 Å². The maximum Gasteiger partial charge on any atom is 0.0761 e. The van der Waals surface area contributed by atoms with Gasteiger partial charge < -0.3 is 20.4 Å². The van der Waals surface area contributed by atoms with E-state index in [1.807, 2.05) is 12.1 Å². The molecule has 1 saturated heterocycles. The van der Waals surface area contributed by atoms with Gasteiger partial charge in [-0.15, -0.1) is 0 Å². The van der Waals surface area contributed by atoms with Gasteiger partial charge >= 0.3 is 0 Å². The fraction of sp³-hybridized carbons (Fsp3) is 0.630. The molecule has 0 amide bonds. The summed E-state index contributed by atoms with van der Waals surface area (Å²) < 4.78 is 0. The first kappa shape index (κ1) is 22.7. The van der Waals surface area contributed by atoms with Crippen molar-refractivity contribution in [3.8, 4) is 0 Å². The number of aliphatic hydroxyl groups is 2. The van der Waals surface area contributed by atoms with Gasteiger partial charge in [0.25, 0.3) is 0 Å². The van der Waals surface area contributed by atoms with Crippen LogP contribution in [0.15, 0.2) is 48.1 Å². The molecule has 1 aromatic rings. The largest absolute Gasteiger partial charge is 0.392 e. The molecule has 0 radical (unpaired) electrons. The van der Waals surface area contributed by atoms with Crippen LogP contribution in [0.5, 0.6) is 0 Å². The monoisotopic (exact) mass is 424 g/mol. The molecule has 3 aliphatic rings. The Morgan fingerprint density at radius 2 is 2.06 bits per heavy atom. The molecule has 4 rings (SSSR count). The van der Waals surface area contributed by atoms with Gasteiger partial charge in [0.05, 0.1) is 12.2 Å². The van der Waals surface area contributed by atoms with Crippen molar-refractivity contribution in [1.29, 1.82) is 0 Å². The number of likely N-dealkylation sites (tertiary alicyclic amines) is 1. The van der Waals surface area contributed by atoms with Gasteiger partial charge in [-0.05, 0) is 76.1 Å². The molecule has 1 saturated carbocycles. The fourth-order valence-electron chi connectivity index (χ4n) is 5.81. The average molecular weight is 425 g/mol. The van der Waals surface area contributed by atoms with E-state index < -0.39 is 6.10 Å². The summed E-state index contributed by atoms with van der Waals surface area (Å²) in [6, 6.07) is 8.31. The van der Waals surface area contributed by atoms with Crippen LogP contribution in [-0.4, -0.2) is 60.0 Å². The first-order valence-corrected chi connectivity index (χ1v) is 12.3. The Morgan fingerprint density at radius 1 is 1.23 bits per heavy atom. The van der Waals surface area contributed by atoms with E-state index in [-0.39, 0.29) is 12.0 Å². The molecular formula is C27H40N2O2. The number of allylic oxidation sites excluding steroid dienone is 1. The third-order valence-corrected chi connectivity index (χ3v) is 7.46. The second-order valence-electron chi connectivity index (χ2n) is 9.93. The number of nitrogens with one attached hydrogen (secondary N) is 1. The number of rotatable bonds is 10. The van der Waals surface area contributed by atoms with E-state index >= 15 is 0 Å². The second kappa shape index (κ2) is 10.9. The van der Waals surface area contributed by atoms with Crippen molar-refractivity contribution in [2.24, 2.45) is 17.8 Å². The highest BCUT2D eigenvalue weighted by Gasteiger charge is 2.43. The van der Waals surface area contributed by atoms with Crippen molar-refractivity contribution >= 4 is 0 Å². The molecule has 2 fully saturated rings. The lowest BCUT2D eigenvalue weighted by Crippen LogP contribution is -2.30. The van der Waals surface area contributed by atoms with E-state index in [1.54, 1.807) is 5.57 Å². The van der Waals surface area contributed by atoms with Crippen LogP contribution in [0.1, 0.15) is 43.2 Å². The van der Waals surface area contributed by atoms with Crippen molar-refractivity contribution in [3.05, 3.63) is 59.2 Å². The predicted molar refractivity (Wildman–Crippen MR) is 127 cm³/mol. The minimum atomic E-state index is -0.498. The summed E-state index contributed by atoms with van der Waals surface area (Å²) in [4.78, 5) is 2.55. The number of nitrogens with zero attached hydrogens (tertiary/aromatic N) is 1. The number of aryl methyl sites for hydroxylation is 1. The molecule has 0 aromatic heterocycles. The van der Waals surface area contributed by atoms with E-state index in [4.69, 9.17) is 0 Å². The van der Waals surface area contributed by atoms with Crippen LogP contribution in [0.3, 0.4) is 0 Å². The number of fused-ring (bicyclic) bond motifs is 1. The molecule has 5 atom stereocenters. The highest BCUT2D eigenvalue weighted by molar-refractivity contribution is 5.24. The second-order valence-corrected chi connectivity index (χ2v) is 9.93. The Kier molecular flexibility index (Phi) is 8.00. The summed E-state index contributed by atoms with van der Waals surface area (Å²) in [6.07, 6.45) is 12.1. The van der Waals surface area contributed by atoms with Crippen molar-refractivity contribution in [3.63, 3.8) is 0 Å². The van der Waals surface area contributed by atoms with Gasteiger partial charge in [0.1, 0.15) is 0 Å². The van der Waals surface area contributed by atoms with Crippen LogP contribution in [-0.2, 0) is 6.42 Å². The molecule has 2 aliphatic carbocycles. The normalized spacial score (nSPS) is 29.6. The van der Waals surface area contributed by atoms with Crippen LogP contribution in [0.2, 0.25) is 0 Å². The quantitative estimate of drug-likeness (QED) is 0.398. The lowest BCUT2D eigenvalue weighted by atomic mass is 9.88. The number of benzene rings is 1. The van der Waals surface area contributed by atoms with Gasteiger partial charge in [-0.2, -0.15) is 0 Å². The van der Waals surface area contributed by atoms with Gasteiger partial charge in [0, 0.05) is 25.4 Å². The number of hydrogen-bond donors (Lipinski definition) is 3. The molecule has 1 aromatic carbocycles. The van der Waals surface area contributed by atoms with Gasteiger partial charge in [-0.25, -0.2) is 0 Å². The molecule has 0 spiro atoms. The Morgan fingerprint density at radius 3 is 2.87 bits per heavy atom. The highest BCUT2D eigenvalue weighted by atomic mass is 16.3. The Labute approximate surface area is 188 Å². The van der Waals surface area contributed by atoms with E-state index in [0.29, 0.717) is 18.3 Å². The van der Waals surface area contributed by atoms with Gasteiger partial charge in [0.2, 0.25) is 0 Å². The van der Waals surface area contributed by atoms with Crippen LogP contribution >= 0.6 is 0 Å². The van der Waals surface area contributed by atoms with Crippen molar-refractivity contribution in [1.82, 2.24) is 10.2 Å². The smallest absolute Gasteiger partial charge is 0.0761 e. The first-order valence-electron chi connectivity index (χ1n) is 12.3. The molecule has 0 bridgehead atoms. The zero-order chi connectivity index (χ0) is 21.6. The summed E-state index contributed by atoms with van der Waals surface area (Å²) in [5.41, 5.74) is 3.93. The number of hydrogen-bond acceptors (Lipinski definition) is 4. The van der Waals surface area contributed by atoms with E-state index in [2.05, 4.69) is 47.5 Å². The average Bonchev–Trinajstić information content (AvgIpc) is 3.43. The lowest BCUT2D eigenvalue weighted by Gasteiger charge is -2.19. The molecule has 1 heterocycles. The lowest BCUT2D eigenvalue weighted by molar-refractivity contribution is 0.140. The topological polar surface area (TPSA) is 55.7 Å². The molecular weight excluding hydrogens is 384 g/mol. The van der Waals surface area contributed by atoms with Crippen molar-refractivity contribution < 1.29 is 10.2 Å². The zero-order valence-electron chi connectivity index (χ0n) is 19.0. The molecule has 170 valence electrons. The summed E-state index contributed by atoms with van der Waals surface area (Å²) in [6.45, 7) is 7.93. The maximum absolute atomic E-state index is 10.6. The molecule has 4 nitrogen and oxygen atoms in total. The Hall–Kier alpha value is -1.46. The number of aliphatic hydroxyl groups excluding tert-OH is 2. The molecule has 0 unspecified atom stereocenters. The minimum absolute atomic E-state index is 0.161. The summed E-state index contributed by atoms with van der Waals surface area (Å²) in [5.74, 6) is 1.16. The highest BCUT2D eigenvalue weighted by Crippen LogP contribution is 2.47. The van der Waals surface area contributed by atoms with Gasteiger partial charge in [-0.1, -0.05) is 53.6 Å². The summed E-state index contributed by atoms with van der Waals surface area (Å²) in [7, 11) is 0. The standard InChI is InChI=1S/C27H40N2O2/c1-20-5-4-6-21(15-20)17-24(30)7-8-25-26-18-22(16-23(26)19-27(25)31)9-10-28-11-14-29-12-2-3-13-29/h4-8,15-16,23-28,30-31H,2-3,9-14,17-19H2,1H3/t23-,24+,25+,26-,27+/m0/s1. The molecule has 31 heavy (non-hydrogen) atoms. The third-order valence-electron chi connectivity index (χ3n) is 7.46. The SMILES string of the molecule is Cc1cccc(C[C@H](O)C=C[C@@H]2[C@H]3CC(CCNCCN4CCCC4)=C[C@H]3C[C@H]2O)c1. The Balaban J connectivity index is 1.20. The van der Waals surface area contributed by atoms with Crippen LogP contribution < -0.4 is 5.32 Å². The van der Waals surface area contributed by atoms with Crippen LogP contribution in [0.4, 0.5) is 0 Å². The zero-order valence-corrected chi connectivity index (χ0v) is 19.0. The Bertz CT molecular complexity index is 768. The molecule has 3 N–H and O–H groups in total. The molecule has 4 heteroatoms. The van der Waals surface area contributed by atoms with Crippen molar-refractivity contribution in [2.75, 3.05) is 32.7 Å². The first-order chi connectivity index (χ1) is 15.1. The summed E-state index contributed by atoms with van der Waals surface area (Å²) in [5, 5.41) is 24.7. The van der Waals surface area contributed by atoms with Gasteiger partial charge in [-0.3, -0.25) is 0 Å². The van der Waals surface area contributed by atoms with E-state index in [9.17, 15) is 10.2 Å². The van der Waals surface area contributed by atoms with Gasteiger partial charge in [0.15, 0.2) is 0 Å². The fourth-order valence-corrected chi connectivity index (χ4v) is 5.81. The van der Waals surface area contributed by atoms with E-state index in [1.165, 1.54) is 38.0 Å². The van der Waals surface area contributed by atoms with E-state index in [0.717, 1.165) is 37.9 Å². The minimum Gasteiger partial charge on any atom is -0.392 e. The predicted octanol–water partition coefficient (Wildman–Crippen LogP) is 3.47. The third kappa shape index (κ3) is 6.29. The van der Waals surface area contributed by atoms with Crippen LogP contribution in [0.25, 0.3) is 0 Å². The summed E-state index contributed by atoms with van der Waals surface area (Å²) >= 11 is 0. The maximum atomic E-state index is 10.6.